The number of aromatic amines is 1. The molecular weight excluding hydrogens is 467 g/mol. The van der Waals surface area contributed by atoms with Crippen LogP contribution in [0.15, 0.2) is 30.3 Å². The van der Waals surface area contributed by atoms with E-state index < -0.39 is 23.9 Å². The van der Waals surface area contributed by atoms with Crippen LogP contribution < -0.4 is 20.3 Å². The number of amides is 3. The molecule has 2 aliphatic rings. The average Bonchev–Trinajstić information content (AvgIpc) is 3.12. The Morgan fingerprint density at radius 1 is 1.18 bits per heavy atom. The van der Waals surface area contributed by atoms with Crippen LogP contribution in [0.4, 0.5) is 5.69 Å². The second-order valence-corrected chi connectivity index (χ2v) is 9.22. The monoisotopic (exact) mass is 492 g/mol. The molecule has 0 bridgehead atoms. The van der Waals surface area contributed by atoms with E-state index >= 15 is 0 Å². The van der Waals surface area contributed by atoms with E-state index in [9.17, 15) is 14.4 Å². The summed E-state index contributed by atoms with van der Waals surface area (Å²) in [5, 5.41) is 6.02. The van der Waals surface area contributed by atoms with Gasteiger partial charge in [0.2, 0.25) is 5.91 Å². The van der Waals surface area contributed by atoms with E-state index in [0.717, 1.165) is 32.1 Å². The Labute approximate surface area is 201 Å². The number of benzene rings is 1. The maximum atomic E-state index is 13.4. The third-order valence-electron chi connectivity index (χ3n) is 6.24. The second-order valence-electron chi connectivity index (χ2n) is 8.43. The first-order valence-electron chi connectivity index (χ1n) is 11.0. The van der Waals surface area contributed by atoms with Gasteiger partial charge in [0.15, 0.2) is 0 Å². The van der Waals surface area contributed by atoms with Gasteiger partial charge in [0.1, 0.15) is 35.3 Å². The van der Waals surface area contributed by atoms with Crippen molar-refractivity contribution in [2.24, 2.45) is 5.92 Å². The standard InChI is InChI=1S/C23H26Cl2N4O4/c1-29-17-9-5-6-10-18(17)33-12-16(23(29)32)27-22(31)19(13-7-3-2-4-8-13)28-21(30)15-11-14(24)20(25)26-15/h5-6,9-11,13,16,19,26H,2-4,7-8,12H2,1H3,(H,27,31)(H,28,30)/t16-,19-/m0/s1. The van der Waals surface area contributed by atoms with Crippen molar-refractivity contribution in [3.63, 3.8) is 0 Å². The first-order valence-corrected chi connectivity index (χ1v) is 11.8. The van der Waals surface area contributed by atoms with Crippen molar-refractivity contribution in [2.75, 3.05) is 18.6 Å². The minimum Gasteiger partial charge on any atom is -0.489 e. The van der Waals surface area contributed by atoms with Crippen molar-refractivity contribution >= 4 is 46.6 Å². The van der Waals surface area contributed by atoms with E-state index in [1.807, 2.05) is 12.1 Å². The van der Waals surface area contributed by atoms with Gasteiger partial charge in [-0.3, -0.25) is 14.4 Å². The number of rotatable bonds is 5. The van der Waals surface area contributed by atoms with E-state index in [-0.39, 0.29) is 34.3 Å². The molecule has 1 aliphatic heterocycles. The van der Waals surface area contributed by atoms with Crippen molar-refractivity contribution in [1.29, 1.82) is 0 Å². The lowest BCUT2D eigenvalue weighted by Crippen LogP contribution is -2.57. The van der Waals surface area contributed by atoms with Gasteiger partial charge in [-0.25, -0.2) is 0 Å². The summed E-state index contributed by atoms with van der Waals surface area (Å²) in [6, 6.07) is 6.94. The smallest absolute Gasteiger partial charge is 0.268 e. The summed E-state index contributed by atoms with van der Waals surface area (Å²) in [5.74, 6) is -0.657. The lowest BCUT2D eigenvalue weighted by molar-refractivity contribution is -0.130. The number of ether oxygens (including phenoxy) is 1. The van der Waals surface area contributed by atoms with Gasteiger partial charge in [0.05, 0.1) is 10.7 Å². The number of fused-ring (bicyclic) bond motifs is 1. The van der Waals surface area contributed by atoms with Gasteiger partial charge in [-0.15, -0.1) is 0 Å². The predicted molar refractivity (Wildman–Crippen MR) is 126 cm³/mol. The molecule has 1 fully saturated rings. The van der Waals surface area contributed by atoms with E-state index in [1.165, 1.54) is 11.0 Å². The van der Waals surface area contributed by atoms with Crippen LogP contribution in [0.1, 0.15) is 42.6 Å². The first kappa shape index (κ1) is 23.4. The number of nitrogens with zero attached hydrogens (tertiary/aromatic N) is 1. The van der Waals surface area contributed by atoms with Gasteiger partial charge in [0.25, 0.3) is 11.8 Å². The Bertz CT molecular complexity index is 1030. The highest BCUT2D eigenvalue weighted by Crippen LogP contribution is 2.31. The molecule has 2 heterocycles. The first-order chi connectivity index (χ1) is 15.8. The third-order valence-corrected chi connectivity index (χ3v) is 6.93. The summed E-state index contributed by atoms with van der Waals surface area (Å²) in [6.45, 7) is -0.000889. The Morgan fingerprint density at radius 3 is 2.61 bits per heavy atom. The summed E-state index contributed by atoms with van der Waals surface area (Å²) in [4.78, 5) is 43.4. The second kappa shape index (κ2) is 10.1. The molecule has 1 aromatic carbocycles. The number of hydrogen-bond donors (Lipinski definition) is 3. The summed E-state index contributed by atoms with van der Waals surface area (Å²) in [5.41, 5.74) is 0.805. The fourth-order valence-corrected chi connectivity index (χ4v) is 4.74. The minimum absolute atomic E-state index is 0.000889. The molecule has 33 heavy (non-hydrogen) atoms. The molecule has 176 valence electrons. The summed E-state index contributed by atoms with van der Waals surface area (Å²) < 4.78 is 5.80. The van der Waals surface area contributed by atoms with Crippen molar-refractivity contribution < 1.29 is 19.1 Å². The maximum Gasteiger partial charge on any atom is 0.268 e. The van der Waals surface area contributed by atoms with Gasteiger partial charge in [0, 0.05) is 7.05 Å². The average molecular weight is 493 g/mol. The highest BCUT2D eigenvalue weighted by atomic mass is 35.5. The van der Waals surface area contributed by atoms with Crippen LogP contribution in [-0.2, 0) is 9.59 Å². The molecule has 2 aromatic rings. The fourth-order valence-electron chi connectivity index (χ4n) is 4.43. The fraction of sp³-hybridized carbons (Fsp3) is 0.435. The highest BCUT2D eigenvalue weighted by Gasteiger charge is 2.36. The number of carbonyl (C=O) groups excluding carboxylic acids is 3. The molecule has 0 radical (unpaired) electrons. The Kier molecular flexibility index (Phi) is 7.14. The normalized spacial score (nSPS) is 19.8. The van der Waals surface area contributed by atoms with Crippen molar-refractivity contribution in [3.8, 4) is 5.75 Å². The molecule has 0 spiro atoms. The number of hydrogen-bond acceptors (Lipinski definition) is 4. The van der Waals surface area contributed by atoms with Crippen molar-refractivity contribution in [3.05, 3.63) is 46.2 Å². The predicted octanol–water partition coefficient (Wildman–Crippen LogP) is 3.54. The molecular formula is C23H26Cl2N4O4. The molecule has 3 N–H and O–H groups in total. The van der Waals surface area contributed by atoms with Crippen LogP contribution in [0.25, 0.3) is 0 Å². The quantitative estimate of drug-likeness (QED) is 0.593. The molecule has 1 aliphatic carbocycles. The summed E-state index contributed by atoms with van der Waals surface area (Å²) >= 11 is 11.9. The Hall–Kier alpha value is -2.71. The maximum absolute atomic E-state index is 13.4. The number of anilines is 1. The van der Waals surface area contributed by atoms with E-state index in [0.29, 0.717) is 11.4 Å². The SMILES string of the molecule is CN1C(=O)[C@@H](NC(=O)[C@@H](NC(=O)c2cc(Cl)c(Cl)[nH]2)C2CCCCC2)COc2ccccc21. The van der Waals surface area contributed by atoms with Gasteiger partial charge >= 0.3 is 0 Å². The number of H-pyrrole nitrogens is 1. The zero-order valence-corrected chi connectivity index (χ0v) is 19.7. The minimum atomic E-state index is -0.882. The largest absolute Gasteiger partial charge is 0.489 e. The molecule has 0 unspecified atom stereocenters. The van der Waals surface area contributed by atoms with Crippen molar-refractivity contribution in [2.45, 2.75) is 44.2 Å². The van der Waals surface area contributed by atoms with Gasteiger partial charge in [-0.2, -0.15) is 0 Å². The number of halogens is 2. The lowest BCUT2D eigenvalue weighted by Gasteiger charge is -2.31. The van der Waals surface area contributed by atoms with Crippen LogP contribution in [0, 0.1) is 5.92 Å². The molecule has 8 nitrogen and oxygen atoms in total. The van der Waals surface area contributed by atoms with Gasteiger partial charge < -0.3 is 25.3 Å². The molecule has 2 atom stereocenters. The summed E-state index contributed by atoms with van der Waals surface area (Å²) in [6.07, 6.45) is 4.68. The van der Waals surface area contributed by atoms with E-state index in [1.54, 1.807) is 19.2 Å². The van der Waals surface area contributed by atoms with Crippen molar-refractivity contribution in [1.82, 2.24) is 15.6 Å². The topological polar surface area (TPSA) is 104 Å². The van der Waals surface area contributed by atoms with Crippen LogP contribution in [0.2, 0.25) is 10.2 Å². The lowest BCUT2D eigenvalue weighted by atomic mass is 9.83. The summed E-state index contributed by atoms with van der Waals surface area (Å²) in [7, 11) is 1.65. The highest BCUT2D eigenvalue weighted by molar-refractivity contribution is 6.41. The number of para-hydroxylation sites is 2. The molecule has 1 aromatic heterocycles. The Morgan fingerprint density at radius 2 is 1.91 bits per heavy atom. The molecule has 0 saturated heterocycles. The number of carbonyl (C=O) groups is 3. The molecule has 10 heteroatoms. The van der Waals surface area contributed by atoms with Gasteiger partial charge in [-0.05, 0) is 37.0 Å². The number of aromatic nitrogens is 1. The van der Waals surface area contributed by atoms with Crippen LogP contribution in [-0.4, -0.2) is 48.4 Å². The van der Waals surface area contributed by atoms with Gasteiger partial charge in [-0.1, -0.05) is 54.6 Å². The molecule has 3 amide bonds. The van der Waals surface area contributed by atoms with Crippen LogP contribution in [0.3, 0.4) is 0 Å². The van der Waals surface area contributed by atoms with Crippen LogP contribution in [0.5, 0.6) is 5.75 Å². The van der Waals surface area contributed by atoms with E-state index in [4.69, 9.17) is 27.9 Å². The third kappa shape index (κ3) is 5.12. The number of likely N-dealkylation sites (N-methyl/N-ethyl adjacent to an activating group) is 1. The zero-order valence-electron chi connectivity index (χ0n) is 18.2. The Balaban J connectivity index is 1.51. The zero-order chi connectivity index (χ0) is 23.5. The number of nitrogens with one attached hydrogen (secondary N) is 3. The van der Waals surface area contributed by atoms with Crippen LogP contribution >= 0.6 is 23.2 Å². The molecule has 1 saturated carbocycles. The van der Waals surface area contributed by atoms with E-state index in [2.05, 4.69) is 15.6 Å². The molecule has 4 rings (SSSR count).